The lowest BCUT2D eigenvalue weighted by molar-refractivity contribution is -0.174. The average molecular weight is 196 g/mol. The molecule has 74 valence electrons. The van der Waals surface area contributed by atoms with Crippen molar-refractivity contribution in [2.75, 3.05) is 0 Å². The number of Topliss-reactive ketones (excluding diaryl/α,β-unsaturated/α-hetero) is 1. The minimum Gasteiger partial charge on any atom is -0.481 e. The SMILES string of the molecule is O=C(CC1(C(=O)O)CC1)C(F)(F)F. The molecule has 0 aromatic rings. The summed E-state index contributed by atoms with van der Waals surface area (Å²) in [7, 11) is 0. The number of aliphatic carboxylic acids is 1. The highest BCUT2D eigenvalue weighted by molar-refractivity contribution is 5.91. The maximum absolute atomic E-state index is 11.7. The number of rotatable bonds is 3. The number of carboxylic acid groups (broad SMARTS) is 1. The molecular weight excluding hydrogens is 189 g/mol. The van der Waals surface area contributed by atoms with E-state index in [1.807, 2.05) is 0 Å². The van der Waals surface area contributed by atoms with E-state index in [4.69, 9.17) is 5.11 Å². The number of carboxylic acids is 1. The van der Waals surface area contributed by atoms with Crippen molar-refractivity contribution in [1.82, 2.24) is 0 Å². The summed E-state index contributed by atoms with van der Waals surface area (Å²) in [5, 5.41) is 8.50. The van der Waals surface area contributed by atoms with E-state index in [0.29, 0.717) is 0 Å². The number of alkyl halides is 3. The van der Waals surface area contributed by atoms with Gasteiger partial charge < -0.3 is 5.11 Å². The molecule has 0 aromatic carbocycles. The number of carbonyl (C=O) groups excluding carboxylic acids is 1. The fraction of sp³-hybridized carbons (Fsp3) is 0.714. The fourth-order valence-corrected chi connectivity index (χ4v) is 1.02. The molecule has 13 heavy (non-hydrogen) atoms. The van der Waals surface area contributed by atoms with E-state index in [1.165, 1.54) is 0 Å². The third-order valence-corrected chi connectivity index (χ3v) is 2.12. The van der Waals surface area contributed by atoms with Gasteiger partial charge in [-0.1, -0.05) is 0 Å². The molecule has 1 rings (SSSR count). The molecule has 0 bridgehead atoms. The lowest BCUT2D eigenvalue weighted by Crippen LogP contribution is -2.29. The molecule has 0 heterocycles. The summed E-state index contributed by atoms with van der Waals surface area (Å²) in [4.78, 5) is 20.9. The van der Waals surface area contributed by atoms with Crippen LogP contribution in [0.15, 0.2) is 0 Å². The summed E-state index contributed by atoms with van der Waals surface area (Å²) >= 11 is 0. The summed E-state index contributed by atoms with van der Waals surface area (Å²) in [6.45, 7) is 0. The van der Waals surface area contributed by atoms with Gasteiger partial charge in [0.25, 0.3) is 0 Å². The Bertz CT molecular complexity index is 252. The maximum Gasteiger partial charge on any atom is 0.450 e. The van der Waals surface area contributed by atoms with Crippen LogP contribution in [0.1, 0.15) is 19.3 Å². The zero-order valence-corrected chi connectivity index (χ0v) is 6.52. The molecule has 0 radical (unpaired) electrons. The molecule has 0 unspecified atom stereocenters. The first-order chi connectivity index (χ1) is 5.78. The van der Waals surface area contributed by atoms with Crippen molar-refractivity contribution in [2.24, 2.45) is 5.41 Å². The second-order valence-corrected chi connectivity index (χ2v) is 3.18. The molecule has 1 aliphatic carbocycles. The molecule has 0 saturated heterocycles. The van der Waals surface area contributed by atoms with Crippen LogP contribution in [0, 0.1) is 5.41 Å². The van der Waals surface area contributed by atoms with Crippen molar-refractivity contribution in [1.29, 1.82) is 0 Å². The Morgan fingerprint density at radius 1 is 1.31 bits per heavy atom. The quantitative estimate of drug-likeness (QED) is 0.741. The van der Waals surface area contributed by atoms with E-state index in [-0.39, 0.29) is 12.8 Å². The summed E-state index contributed by atoms with van der Waals surface area (Å²) < 4.78 is 35.2. The molecule has 6 heteroatoms. The van der Waals surface area contributed by atoms with Gasteiger partial charge >= 0.3 is 12.1 Å². The van der Waals surface area contributed by atoms with Crippen LogP contribution in [0.4, 0.5) is 13.2 Å². The minimum atomic E-state index is -4.91. The van der Waals surface area contributed by atoms with E-state index in [1.54, 1.807) is 0 Å². The van der Waals surface area contributed by atoms with Gasteiger partial charge in [0, 0.05) is 6.42 Å². The van der Waals surface area contributed by atoms with Crippen molar-refractivity contribution in [3.8, 4) is 0 Å². The van der Waals surface area contributed by atoms with Crippen LogP contribution in [-0.4, -0.2) is 23.0 Å². The van der Waals surface area contributed by atoms with Gasteiger partial charge in [0.2, 0.25) is 5.78 Å². The number of hydrogen-bond donors (Lipinski definition) is 1. The highest BCUT2D eigenvalue weighted by Gasteiger charge is 2.55. The number of ketones is 1. The molecule has 0 amide bonds. The standard InChI is InChI=1S/C7H7F3O3/c8-7(9,10)4(11)3-6(1-2-6)5(12)13/h1-3H2,(H,12,13). The Morgan fingerprint density at radius 3 is 2.00 bits per heavy atom. The first-order valence-electron chi connectivity index (χ1n) is 3.61. The van der Waals surface area contributed by atoms with Gasteiger partial charge in [-0.2, -0.15) is 13.2 Å². The second kappa shape index (κ2) is 2.71. The van der Waals surface area contributed by atoms with Crippen molar-refractivity contribution in [3.05, 3.63) is 0 Å². The van der Waals surface area contributed by atoms with Crippen LogP contribution in [0.5, 0.6) is 0 Å². The molecule has 0 atom stereocenters. The Hall–Kier alpha value is -1.07. The Kier molecular flexibility index (Phi) is 2.09. The maximum atomic E-state index is 11.7. The van der Waals surface area contributed by atoms with Crippen molar-refractivity contribution < 1.29 is 27.9 Å². The predicted octanol–water partition coefficient (Wildman–Crippen LogP) is 1.37. The van der Waals surface area contributed by atoms with Gasteiger partial charge in [0.05, 0.1) is 5.41 Å². The number of carbonyl (C=O) groups is 2. The average Bonchev–Trinajstić information content (AvgIpc) is 2.66. The molecule has 0 aliphatic heterocycles. The van der Waals surface area contributed by atoms with Crippen LogP contribution >= 0.6 is 0 Å². The molecule has 0 spiro atoms. The zero-order valence-electron chi connectivity index (χ0n) is 6.52. The molecule has 1 fully saturated rings. The Balaban J connectivity index is 2.60. The fourth-order valence-electron chi connectivity index (χ4n) is 1.02. The van der Waals surface area contributed by atoms with Gasteiger partial charge in [-0.25, -0.2) is 0 Å². The van der Waals surface area contributed by atoms with Crippen LogP contribution in [-0.2, 0) is 9.59 Å². The lowest BCUT2D eigenvalue weighted by Gasteiger charge is -2.09. The van der Waals surface area contributed by atoms with Crippen LogP contribution in [0.3, 0.4) is 0 Å². The summed E-state index contributed by atoms with van der Waals surface area (Å²) in [6, 6.07) is 0. The van der Waals surface area contributed by atoms with Gasteiger partial charge in [-0.15, -0.1) is 0 Å². The third kappa shape index (κ3) is 1.99. The molecule has 3 nitrogen and oxygen atoms in total. The monoisotopic (exact) mass is 196 g/mol. The number of hydrogen-bond acceptors (Lipinski definition) is 2. The van der Waals surface area contributed by atoms with Crippen molar-refractivity contribution in [2.45, 2.75) is 25.4 Å². The Morgan fingerprint density at radius 2 is 1.77 bits per heavy atom. The third-order valence-electron chi connectivity index (χ3n) is 2.12. The van der Waals surface area contributed by atoms with Crippen LogP contribution in [0.2, 0.25) is 0 Å². The minimum absolute atomic E-state index is 0.157. The summed E-state index contributed by atoms with van der Waals surface area (Å²) in [5.41, 5.74) is -1.42. The van der Waals surface area contributed by atoms with E-state index >= 15 is 0 Å². The molecule has 1 aliphatic rings. The van der Waals surface area contributed by atoms with Crippen LogP contribution < -0.4 is 0 Å². The molecule has 0 aromatic heterocycles. The van der Waals surface area contributed by atoms with Crippen molar-refractivity contribution >= 4 is 11.8 Å². The first-order valence-corrected chi connectivity index (χ1v) is 3.61. The normalized spacial score (nSPS) is 19.6. The van der Waals surface area contributed by atoms with Gasteiger partial charge in [0.15, 0.2) is 0 Å². The van der Waals surface area contributed by atoms with E-state index in [2.05, 4.69) is 0 Å². The first kappa shape index (κ1) is 10.0. The smallest absolute Gasteiger partial charge is 0.450 e. The summed E-state index contributed by atoms with van der Waals surface area (Å²) in [5.74, 6) is -3.27. The van der Waals surface area contributed by atoms with Gasteiger partial charge in [-0.05, 0) is 12.8 Å². The molecule has 1 saturated carbocycles. The Labute approximate surface area is 71.5 Å². The number of halogens is 3. The van der Waals surface area contributed by atoms with E-state index in [9.17, 15) is 22.8 Å². The van der Waals surface area contributed by atoms with E-state index < -0.39 is 29.8 Å². The topological polar surface area (TPSA) is 54.4 Å². The second-order valence-electron chi connectivity index (χ2n) is 3.18. The predicted molar refractivity (Wildman–Crippen MR) is 35.0 cm³/mol. The largest absolute Gasteiger partial charge is 0.481 e. The zero-order chi connectivity index (χ0) is 10.3. The van der Waals surface area contributed by atoms with Gasteiger partial charge in [0.1, 0.15) is 0 Å². The van der Waals surface area contributed by atoms with Crippen molar-refractivity contribution in [3.63, 3.8) is 0 Å². The van der Waals surface area contributed by atoms with E-state index in [0.717, 1.165) is 0 Å². The van der Waals surface area contributed by atoms with Crippen LogP contribution in [0.25, 0.3) is 0 Å². The molecule has 1 N–H and O–H groups in total. The summed E-state index contributed by atoms with van der Waals surface area (Å²) in [6.07, 6.45) is -5.52. The van der Waals surface area contributed by atoms with Gasteiger partial charge in [-0.3, -0.25) is 9.59 Å². The lowest BCUT2D eigenvalue weighted by atomic mass is 10.00. The highest BCUT2D eigenvalue weighted by atomic mass is 19.4. The highest BCUT2D eigenvalue weighted by Crippen LogP contribution is 2.50. The molecular formula is C7H7F3O3.